The molecule has 0 spiro atoms. The molecule has 160 valence electrons. The molecule has 4 rings (SSSR count). The second-order valence-corrected chi connectivity index (χ2v) is 7.47. The van der Waals surface area contributed by atoms with Gasteiger partial charge in [-0.15, -0.1) is 0 Å². The van der Waals surface area contributed by atoms with E-state index in [1.165, 1.54) is 0 Å². The molecule has 0 aliphatic carbocycles. The van der Waals surface area contributed by atoms with Gasteiger partial charge in [0.2, 0.25) is 5.91 Å². The van der Waals surface area contributed by atoms with E-state index in [0.29, 0.717) is 23.9 Å². The minimum atomic E-state index is -0.190. The first-order valence-corrected chi connectivity index (χ1v) is 10.5. The molecule has 1 amide bonds. The van der Waals surface area contributed by atoms with Crippen molar-refractivity contribution in [1.29, 1.82) is 0 Å². The number of para-hydroxylation sites is 4. The van der Waals surface area contributed by atoms with Crippen LogP contribution in [0.15, 0.2) is 66.0 Å². The van der Waals surface area contributed by atoms with Crippen molar-refractivity contribution in [3.63, 3.8) is 0 Å². The standard InChI is InChI=1S/C24H26N4O3/c1-2-17-31-21-12-6-4-10-19(21)25-22(29)13-16-28-20-11-5-3-9-18(20)26-23(24(28)30)27-14-7-8-15-27/h2-6,9-12H,1,7-8,13-17H2,(H,25,29). The molecule has 7 nitrogen and oxygen atoms in total. The van der Waals surface area contributed by atoms with Crippen molar-refractivity contribution < 1.29 is 9.53 Å². The van der Waals surface area contributed by atoms with Crippen LogP contribution in [-0.4, -0.2) is 35.2 Å². The molecular formula is C24H26N4O3. The Hall–Kier alpha value is -3.61. The van der Waals surface area contributed by atoms with Gasteiger partial charge >= 0.3 is 0 Å². The lowest BCUT2D eigenvalue weighted by Gasteiger charge is -2.19. The number of amides is 1. The molecule has 1 saturated heterocycles. The van der Waals surface area contributed by atoms with E-state index >= 15 is 0 Å². The van der Waals surface area contributed by atoms with Crippen LogP contribution in [0, 0.1) is 0 Å². The van der Waals surface area contributed by atoms with Gasteiger partial charge in [-0.1, -0.05) is 36.9 Å². The number of anilines is 2. The highest BCUT2D eigenvalue weighted by molar-refractivity contribution is 5.92. The highest BCUT2D eigenvalue weighted by Crippen LogP contribution is 2.24. The summed E-state index contributed by atoms with van der Waals surface area (Å²) < 4.78 is 7.26. The average molecular weight is 418 g/mol. The van der Waals surface area contributed by atoms with E-state index in [-0.39, 0.29) is 24.4 Å². The normalized spacial score (nSPS) is 13.4. The van der Waals surface area contributed by atoms with Gasteiger partial charge in [0.25, 0.3) is 5.56 Å². The molecule has 3 aromatic rings. The van der Waals surface area contributed by atoms with E-state index < -0.39 is 0 Å². The molecule has 0 atom stereocenters. The molecule has 2 aromatic carbocycles. The van der Waals surface area contributed by atoms with Crippen molar-refractivity contribution in [2.24, 2.45) is 0 Å². The number of ether oxygens (including phenoxy) is 1. The molecule has 0 radical (unpaired) electrons. The fourth-order valence-corrected chi connectivity index (χ4v) is 3.81. The Balaban J connectivity index is 1.55. The number of hydrogen-bond donors (Lipinski definition) is 1. The van der Waals surface area contributed by atoms with Gasteiger partial charge in [-0.2, -0.15) is 0 Å². The number of fused-ring (bicyclic) bond motifs is 1. The molecule has 1 aromatic heterocycles. The van der Waals surface area contributed by atoms with Crippen molar-refractivity contribution >= 4 is 28.4 Å². The summed E-state index contributed by atoms with van der Waals surface area (Å²) in [5, 5.41) is 2.89. The van der Waals surface area contributed by atoms with Gasteiger partial charge in [-0.3, -0.25) is 9.59 Å². The van der Waals surface area contributed by atoms with E-state index in [9.17, 15) is 9.59 Å². The fourth-order valence-electron chi connectivity index (χ4n) is 3.81. The van der Waals surface area contributed by atoms with E-state index in [1.54, 1.807) is 22.8 Å². The summed E-state index contributed by atoms with van der Waals surface area (Å²) >= 11 is 0. The topological polar surface area (TPSA) is 76.5 Å². The Morgan fingerprint density at radius 2 is 1.87 bits per heavy atom. The van der Waals surface area contributed by atoms with Gasteiger partial charge in [0, 0.05) is 26.1 Å². The zero-order chi connectivity index (χ0) is 21.6. The van der Waals surface area contributed by atoms with Crippen molar-refractivity contribution in [3.8, 4) is 5.75 Å². The van der Waals surface area contributed by atoms with Gasteiger partial charge in [0.15, 0.2) is 5.82 Å². The fraction of sp³-hybridized carbons (Fsp3) is 0.292. The number of benzene rings is 2. The summed E-state index contributed by atoms with van der Waals surface area (Å²) in [6.07, 6.45) is 3.92. The van der Waals surface area contributed by atoms with Crippen LogP contribution in [-0.2, 0) is 11.3 Å². The molecule has 1 fully saturated rings. The molecule has 2 heterocycles. The first-order chi connectivity index (χ1) is 15.2. The summed E-state index contributed by atoms with van der Waals surface area (Å²) in [7, 11) is 0. The smallest absolute Gasteiger partial charge is 0.294 e. The third kappa shape index (κ3) is 4.60. The van der Waals surface area contributed by atoms with Crippen LogP contribution in [0.1, 0.15) is 19.3 Å². The maximum absolute atomic E-state index is 13.2. The largest absolute Gasteiger partial charge is 0.487 e. The molecule has 1 aliphatic rings. The zero-order valence-electron chi connectivity index (χ0n) is 17.4. The minimum absolute atomic E-state index is 0.150. The number of nitrogens with one attached hydrogen (secondary N) is 1. The molecule has 31 heavy (non-hydrogen) atoms. The molecule has 0 unspecified atom stereocenters. The van der Waals surface area contributed by atoms with Crippen LogP contribution in [0.5, 0.6) is 5.75 Å². The van der Waals surface area contributed by atoms with Crippen LogP contribution in [0.4, 0.5) is 11.5 Å². The maximum Gasteiger partial charge on any atom is 0.294 e. The lowest BCUT2D eigenvalue weighted by molar-refractivity contribution is -0.116. The van der Waals surface area contributed by atoms with Crippen LogP contribution in [0.3, 0.4) is 0 Å². The summed E-state index contributed by atoms with van der Waals surface area (Å²) in [5.41, 5.74) is 1.94. The maximum atomic E-state index is 13.2. The van der Waals surface area contributed by atoms with Crippen molar-refractivity contribution in [1.82, 2.24) is 9.55 Å². The number of hydrogen-bond acceptors (Lipinski definition) is 5. The average Bonchev–Trinajstić information content (AvgIpc) is 3.32. The van der Waals surface area contributed by atoms with E-state index in [4.69, 9.17) is 4.74 Å². The summed E-state index contributed by atoms with van der Waals surface area (Å²) in [6, 6.07) is 14.8. The molecule has 7 heteroatoms. The van der Waals surface area contributed by atoms with Crippen molar-refractivity contribution in [3.05, 3.63) is 71.5 Å². The number of aryl methyl sites for hydroxylation is 1. The minimum Gasteiger partial charge on any atom is -0.487 e. The van der Waals surface area contributed by atoms with E-state index in [0.717, 1.165) is 37.0 Å². The Labute approximate surface area is 181 Å². The number of rotatable bonds is 8. The molecular weight excluding hydrogens is 392 g/mol. The second kappa shape index (κ2) is 9.47. The molecule has 0 saturated carbocycles. The van der Waals surface area contributed by atoms with Crippen LogP contribution < -0.4 is 20.5 Å². The zero-order valence-corrected chi connectivity index (χ0v) is 17.4. The summed E-state index contributed by atoms with van der Waals surface area (Å²) in [4.78, 5) is 32.5. The van der Waals surface area contributed by atoms with Gasteiger partial charge < -0.3 is 19.5 Å². The van der Waals surface area contributed by atoms with E-state index in [1.807, 2.05) is 41.3 Å². The first kappa shape index (κ1) is 20.7. The molecule has 1 N–H and O–H groups in total. The predicted molar refractivity (Wildman–Crippen MR) is 123 cm³/mol. The van der Waals surface area contributed by atoms with E-state index in [2.05, 4.69) is 16.9 Å². The quantitative estimate of drug-likeness (QED) is 0.566. The van der Waals surface area contributed by atoms with Crippen LogP contribution in [0.25, 0.3) is 11.0 Å². The van der Waals surface area contributed by atoms with Crippen molar-refractivity contribution in [2.75, 3.05) is 29.9 Å². The molecule has 1 aliphatic heterocycles. The highest BCUT2D eigenvalue weighted by Gasteiger charge is 2.20. The van der Waals surface area contributed by atoms with Gasteiger partial charge in [0.1, 0.15) is 12.4 Å². The van der Waals surface area contributed by atoms with Crippen molar-refractivity contribution in [2.45, 2.75) is 25.8 Å². The Morgan fingerprint density at radius 1 is 1.13 bits per heavy atom. The third-order valence-corrected chi connectivity index (χ3v) is 5.32. The number of nitrogens with zero attached hydrogens (tertiary/aromatic N) is 3. The van der Waals surface area contributed by atoms with Crippen LogP contribution >= 0.6 is 0 Å². The lowest BCUT2D eigenvalue weighted by Crippen LogP contribution is -2.32. The second-order valence-electron chi connectivity index (χ2n) is 7.47. The first-order valence-electron chi connectivity index (χ1n) is 10.5. The van der Waals surface area contributed by atoms with Gasteiger partial charge in [-0.25, -0.2) is 4.98 Å². The number of aromatic nitrogens is 2. The highest BCUT2D eigenvalue weighted by atomic mass is 16.5. The lowest BCUT2D eigenvalue weighted by atomic mass is 10.2. The predicted octanol–water partition coefficient (Wildman–Crippen LogP) is 3.59. The monoisotopic (exact) mass is 418 g/mol. The summed E-state index contributed by atoms with van der Waals surface area (Å²) in [5.74, 6) is 0.864. The van der Waals surface area contributed by atoms with Gasteiger partial charge in [-0.05, 0) is 37.1 Å². The number of carbonyl (C=O) groups excluding carboxylic acids is 1. The van der Waals surface area contributed by atoms with Crippen LogP contribution in [0.2, 0.25) is 0 Å². The Bertz CT molecular complexity index is 1150. The third-order valence-electron chi connectivity index (χ3n) is 5.32. The number of carbonyl (C=O) groups is 1. The summed E-state index contributed by atoms with van der Waals surface area (Å²) in [6.45, 7) is 5.94. The van der Waals surface area contributed by atoms with Gasteiger partial charge in [0.05, 0.1) is 16.7 Å². The Morgan fingerprint density at radius 3 is 2.68 bits per heavy atom. The molecule has 0 bridgehead atoms. The Kier molecular flexibility index (Phi) is 6.31. The SMILES string of the molecule is C=CCOc1ccccc1NC(=O)CCn1c(=O)c(N2CCCC2)nc2ccccc21.